The number of benzene rings is 2. The molecule has 0 saturated heterocycles. The van der Waals surface area contributed by atoms with Crippen molar-refractivity contribution in [2.24, 2.45) is 0 Å². The molecule has 0 spiro atoms. The third-order valence-electron chi connectivity index (χ3n) is 3.45. The van der Waals surface area contributed by atoms with Crippen molar-refractivity contribution in [3.8, 4) is 5.75 Å². The highest BCUT2D eigenvalue weighted by atomic mass is 19.4. The molecule has 0 amide bonds. The second-order valence-electron chi connectivity index (χ2n) is 5.18. The average Bonchev–Trinajstić information content (AvgIpc) is 2.52. The number of halogens is 3. The van der Waals surface area contributed by atoms with Crippen LogP contribution in [0.3, 0.4) is 0 Å². The normalized spacial score (nSPS) is 12.9. The van der Waals surface area contributed by atoms with Gasteiger partial charge in [0.05, 0.1) is 5.56 Å². The van der Waals surface area contributed by atoms with Crippen LogP contribution in [-0.4, -0.2) is 0 Å². The van der Waals surface area contributed by atoms with E-state index in [1.807, 2.05) is 30.3 Å². The summed E-state index contributed by atoms with van der Waals surface area (Å²) in [5.41, 5.74) is 0.375. The van der Waals surface area contributed by atoms with Gasteiger partial charge in [-0.1, -0.05) is 43.7 Å². The smallest absolute Gasteiger partial charge is 0.416 e. The zero-order valence-electron chi connectivity index (χ0n) is 12.4. The first-order valence-corrected chi connectivity index (χ1v) is 7.39. The van der Waals surface area contributed by atoms with Crippen molar-refractivity contribution in [1.82, 2.24) is 0 Å². The number of hydrogen-bond donors (Lipinski definition) is 0. The molecule has 0 saturated carbocycles. The van der Waals surface area contributed by atoms with Crippen LogP contribution in [0.1, 0.15) is 43.4 Å². The predicted molar refractivity (Wildman–Crippen MR) is 80.8 cm³/mol. The van der Waals surface area contributed by atoms with E-state index in [-0.39, 0.29) is 6.10 Å². The zero-order valence-corrected chi connectivity index (χ0v) is 12.4. The summed E-state index contributed by atoms with van der Waals surface area (Å²) in [5.74, 6) is 0.456. The third kappa shape index (κ3) is 4.52. The van der Waals surface area contributed by atoms with Gasteiger partial charge in [0.25, 0.3) is 0 Å². The maximum Gasteiger partial charge on any atom is 0.416 e. The Kier molecular flexibility index (Phi) is 5.47. The highest BCUT2D eigenvalue weighted by Crippen LogP contribution is 2.32. The second-order valence-corrected chi connectivity index (χ2v) is 5.18. The summed E-state index contributed by atoms with van der Waals surface area (Å²) >= 11 is 0. The SMILES string of the molecule is CCCC[C@@H](Oc1ccc(C(F)(F)F)cc1)c1ccccc1. The van der Waals surface area contributed by atoms with Gasteiger partial charge in [-0.25, -0.2) is 0 Å². The van der Waals surface area contributed by atoms with Gasteiger partial charge in [-0.05, 0) is 42.7 Å². The molecule has 0 bridgehead atoms. The fourth-order valence-corrected chi connectivity index (χ4v) is 2.24. The summed E-state index contributed by atoms with van der Waals surface area (Å²) in [6, 6.07) is 14.6. The molecule has 0 aliphatic heterocycles. The van der Waals surface area contributed by atoms with Gasteiger partial charge >= 0.3 is 6.18 Å². The zero-order chi connectivity index (χ0) is 16.0. The number of unbranched alkanes of at least 4 members (excludes halogenated alkanes) is 1. The standard InChI is InChI=1S/C18H19F3O/c1-2-3-9-17(14-7-5-4-6-8-14)22-16-12-10-15(11-13-16)18(19,20)21/h4-8,10-13,17H,2-3,9H2,1H3/t17-/m1/s1. The molecular weight excluding hydrogens is 289 g/mol. The van der Waals surface area contributed by atoms with Crippen LogP contribution in [0.25, 0.3) is 0 Å². The molecule has 4 heteroatoms. The summed E-state index contributed by atoms with van der Waals surface area (Å²) in [5, 5.41) is 0. The van der Waals surface area contributed by atoms with Gasteiger partial charge in [0, 0.05) is 0 Å². The molecule has 1 nitrogen and oxygen atoms in total. The molecule has 2 aromatic carbocycles. The van der Waals surface area contributed by atoms with Crippen LogP contribution in [0.15, 0.2) is 54.6 Å². The molecule has 0 N–H and O–H groups in total. The summed E-state index contributed by atoms with van der Waals surface area (Å²) in [4.78, 5) is 0. The van der Waals surface area contributed by atoms with Crippen molar-refractivity contribution in [3.05, 3.63) is 65.7 Å². The van der Waals surface area contributed by atoms with Crippen molar-refractivity contribution in [3.63, 3.8) is 0 Å². The molecule has 0 unspecified atom stereocenters. The monoisotopic (exact) mass is 308 g/mol. The molecule has 1 atom stereocenters. The van der Waals surface area contributed by atoms with Gasteiger partial charge in [-0.2, -0.15) is 13.2 Å². The van der Waals surface area contributed by atoms with Crippen LogP contribution in [0.5, 0.6) is 5.75 Å². The van der Waals surface area contributed by atoms with Crippen LogP contribution in [-0.2, 0) is 6.18 Å². The molecule has 0 aromatic heterocycles. The Hall–Kier alpha value is -1.97. The minimum atomic E-state index is -4.32. The van der Waals surface area contributed by atoms with Crippen molar-refractivity contribution in [2.75, 3.05) is 0 Å². The van der Waals surface area contributed by atoms with E-state index in [9.17, 15) is 13.2 Å². The largest absolute Gasteiger partial charge is 0.486 e. The van der Waals surface area contributed by atoms with Gasteiger partial charge in [0.1, 0.15) is 11.9 Å². The van der Waals surface area contributed by atoms with E-state index < -0.39 is 11.7 Å². The van der Waals surface area contributed by atoms with E-state index in [0.717, 1.165) is 37.0 Å². The lowest BCUT2D eigenvalue weighted by atomic mass is 10.0. The Morgan fingerprint density at radius 1 is 0.955 bits per heavy atom. The van der Waals surface area contributed by atoms with Gasteiger partial charge in [-0.15, -0.1) is 0 Å². The van der Waals surface area contributed by atoms with Gasteiger partial charge in [0.2, 0.25) is 0 Å². The molecule has 2 aromatic rings. The van der Waals surface area contributed by atoms with E-state index in [2.05, 4.69) is 6.92 Å². The minimum absolute atomic E-state index is 0.141. The minimum Gasteiger partial charge on any atom is -0.486 e. The molecule has 0 fully saturated rings. The van der Waals surface area contributed by atoms with Crippen molar-refractivity contribution in [1.29, 1.82) is 0 Å². The quantitative estimate of drug-likeness (QED) is 0.634. The number of hydrogen-bond acceptors (Lipinski definition) is 1. The van der Waals surface area contributed by atoms with Crippen molar-refractivity contribution < 1.29 is 17.9 Å². The van der Waals surface area contributed by atoms with Gasteiger partial charge in [0.15, 0.2) is 0 Å². The molecule has 0 aliphatic carbocycles. The molecule has 22 heavy (non-hydrogen) atoms. The van der Waals surface area contributed by atoms with Crippen molar-refractivity contribution in [2.45, 2.75) is 38.5 Å². The summed E-state index contributed by atoms with van der Waals surface area (Å²) in [6.07, 6.45) is -1.58. The van der Waals surface area contributed by atoms with Gasteiger partial charge < -0.3 is 4.74 Å². The Bertz CT molecular complexity index is 561. The summed E-state index contributed by atoms with van der Waals surface area (Å²) in [6.45, 7) is 2.10. The van der Waals surface area contributed by atoms with E-state index >= 15 is 0 Å². The predicted octanol–water partition coefficient (Wildman–Crippen LogP) is 6.02. The van der Waals surface area contributed by atoms with E-state index in [1.165, 1.54) is 12.1 Å². The fourth-order valence-electron chi connectivity index (χ4n) is 2.24. The Morgan fingerprint density at radius 2 is 1.59 bits per heavy atom. The molecular formula is C18H19F3O. The summed E-state index contributed by atoms with van der Waals surface area (Å²) in [7, 11) is 0. The van der Waals surface area contributed by atoms with Gasteiger partial charge in [-0.3, -0.25) is 0 Å². The maximum atomic E-state index is 12.6. The lowest BCUT2D eigenvalue weighted by Crippen LogP contribution is -2.08. The third-order valence-corrected chi connectivity index (χ3v) is 3.45. The highest BCUT2D eigenvalue weighted by Gasteiger charge is 2.30. The lowest BCUT2D eigenvalue weighted by molar-refractivity contribution is -0.137. The van der Waals surface area contributed by atoms with Crippen LogP contribution in [0.2, 0.25) is 0 Å². The Balaban J connectivity index is 2.13. The van der Waals surface area contributed by atoms with E-state index in [4.69, 9.17) is 4.74 Å². The first-order valence-electron chi connectivity index (χ1n) is 7.39. The second kappa shape index (κ2) is 7.34. The summed E-state index contributed by atoms with van der Waals surface area (Å²) < 4.78 is 43.6. The lowest BCUT2D eigenvalue weighted by Gasteiger charge is -2.20. The van der Waals surface area contributed by atoms with Crippen LogP contribution in [0.4, 0.5) is 13.2 Å². The first kappa shape index (κ1) is 16.4. The topological polar surface area (TPSA) is 9.23 Å². The fraction of sp³-hybridized carbons (Fsp3) is 0.333. The maximum absolute atomic E-state index is 12.6. The number of ether oxygens (including phenoxy) is 1. The van der Waals surface area contributed by atoms with E-state index in [0.29, 0.717) is 5.75 Å². The first-order chi connectivity index (χ1) is 10.5. The van der Waals surface area contributed by atoms with Crippen LogP contribution < -0.4 is 4.74 Å². The molecule has 118 valence electrons. The number of alkyl halides is 3. The molecule has 0 aliphatic rings. The van der Waals surface area contributed by atoms with E-state index in [1.54, 1.807) is 0 Å². The van der Waals surface area contributed by atoms with Crippen LogP contribution >= 0.6 is 0 Å². The number of rotatable bonds is 6. The highest BCUT2D eigenvalue weighted by molar-refractivity contribution is 5.30. The molecule has 0 radical (unpaired) electrons. The Morgan fingerprint density at radius 3 is 2.14 bits per heavy atom. The molecule has 2 rings (SSSR count). The van der Waals surface area contributed by atoms with Crippen molar-refractivity contribution >= 4 is 0 Å². The molecule has 0 heterocycles. The average molecular weight is 308 g/mol. The Labute approximate surface area is 128 Å². The van der Waals surface area contributed by atoms with Crippen LogP contribution in [0, 0.1) is 0 Å².